The molecule has 1 aliphatic heterocycles. The first-order valence-electron chi connectivity index (χ1n) is 8.76. The number of carboxylic acid groups (broad SMARTS) is 2. The van der Waals surface area contributed by atoms with Crippen LogP contribution in [0.25, 0.3) is 17.4 Å². The molecule has 0 unspecified atom stereocenters. The SMILES string of the molecule is COc1ccc(-c2ccc(/C=C3/SC(=S)N([C@H](CC(=O)O)C(=O)O)C3=O)o2)c([N+](=O)[O-])c1. The molecule has 1 atom stereocenters. The molecule has 2 aromatic rings. The van der Waals surface area contributed by atoms with E-state index < -0.39 is 35.2 Å². The first kappa shape index (κ1) is 23.0. The number of thioether (sulfide) groups is 1. The van der Waals surface area contributed by atoms with Crippen LogP contribution >= 0.6 is 24.0 Å². The second-order valence-electron chi connectivity index (χ2n) is 6.35. The van der Waals surface area contributed by atoms with E-state index in [9.17, 15) is 29.6 Å². The van der Waals surface area contributed by atoms with Crippen LogP contribution in [-0.4, -0.2) is 55.4 Å². The highest BCUT2D eigenvalue weighted by Crippen LogP contribution is 2.37. The number of carbonyl (C=O) groups excluding carboxylic acids is 1. The molecule has 0 saturated carbocycles. The van der Waals surface area contributed by atoms with Crippen molar-refractivity contribution in [2.75, 3.05) is 7.11 Å². The molecule has 1 fully saturated rings. The van der Waals surface area contributed by atoms with Crippen molar-refractivity contribution in [3.05, 3.63) is 51.1 Å². The van der Waals surface area contributed by atoms with E-state index in [-0.39, 0.29) is 32.0 Å². The van der Waals surface area contributed by atoms with E-state index >= 15 is 0 Å². The number of hydrogen-bond acceptors (Lipinski definition) is 9. The van der Waals surface area contributed by atoms with E-state index in [4.69, 9.17) is 26.5 Å². The Morgan fingerprint density at radius 1 is 1.34 bits per heavy atom. The van der Waals surface area contributed by atoms with Crippen molar-refractivity contribution in [1.29, 1.82) is 0 Å². The Kier molecular flexibility index (Phi) is 6.60. The predicted molar refractivity (Wildman–Crippen MR) is 116 cm³/mol. The Hall–Kier alpha value is -3.71. The molecule has 1 saturated heterocycles. The standard InChI is InChI=1S/C19H14N2O9S2/c1-29-9-2-4-11(12(6-9)21(27)28)14-5-3-10(30-14)7-15-17(24)20(19(31)32-15)13(18(25)26)8-16(22)23/h2-7,13H,8H2,1H3,(H,22,23)(H,25,26)/b15-7+/t13-/m1/s1. The minimum absolute atomic E-state index is 0.0248. The molecule has 32 heavy (non-hydrogen) atoms. The van der Waals surface area contributed by atoms with Crippen LogP contribution in [0.1, 0.15) is 12.2 Å². The van der Waals surface area contributed by atoms with Crippen molar-refractivity contribution in [2.45, 2.75) is 12.5 Å². The number of ether oxygens (including phenoxy) is 1. The average molecular weight is 478 g/mol. The number of carbonyl (C=O) groups is 3. The molecule has 3 rings (SSSR count). The Balaban J connectivity index is 1.91. The fourth-order valence-corrected chi connectivity index (χ4v) is 4.24. The van der Waals surface area contributed by atoms with Crippen molar-refractivity contribution in [3.63, 3.8) is 0 Å². The predicted octanol–water partition coefficient (Wildman–Crippen LogP) is 2.99. The molecule has 0 spiro atoms. The largest absolute Gasteiger partial charge is 0.497 e. The molecular weight excluding hydrogens is 464 g/mol. The lowest BCUT2D eigenvalue weighted by Crippen LogP contribution is -2.45. The van der Waals surface area contributed by atoms with Gasteiger partial charge in [-0.2, -0.15) is 0 Å². The maximum absolute atomic E-state index is 12.7. The summed E-state index contributed by atoms with van der Waals surface area (Å²) in [6.07, 6.45) is 0.485. The molecule has 1 aromatic heterocycles. The molecule has 1 amide bonds. The first-order chi connectivity index (χ1) is 15.1. The van der Waals surface area contributed by atoms with Gasteiger partial charge >= 0.3 is 11.9 Å². The van der Waals surface area contributed by atoms with Crippen LogP contribution in [0.4, 0.5) is 5.69 Å². The van der Waals surface area contributed by atoms with Gasteiger partial charge in [0.05, 0.1) is 35.0 Å². The average Bonchev–Trinajstić information content (AvgIpc) is 3.30. The molecule has 13 heteroatoms. The van der Waals surface area contributed by atoms with Crippen molar-refractivity contribution in [3.8, 4) is 17.1 Å². The van der Waals surface area contributed by atoms with E-state index in [0.717, 1.165) is 16.7 Å². The normalized spacial score (nSPS) is 15.8. The van der Waals surface area contributed by atoms with Crippen LogP contribution in [-0.2, 0) is 14.4 Å². The number of rotatable bonds is 8. The Bertz CT molecular complexity index is 1170. The molecule has 0 aliphatic carbocycles. The highest BCUT2D eigenvalue weighted by Gasteiger charge is 2.41. The quantitative estimate of drug-likeness (QED) is 0.248. The van der Waals surface area contributed by atoms with E-state index in [1.54, 1.807) is 0 Å². The molecule has 166 valence electrons. The second kappa shape index (κ2) is 9.20. The Labute approximate surface area is 189 Å². The van der Waals surface area contributed by atoms with Crippen molar-refractivity contribution in [2.24, 2.45) is 0 Å². The van der Waals surface area contributed by atoms with Gasteiger partial charge in [0.2, 0.25) is 0 Å². The zero-order valence-corrected chi connectivity index (χ0v) is 17.8. The molecule has 1 aromatic carbocycles. The summed E-state index contributed by atoms with van der Waals surface area (Å²) in [6.45, 7) is 0. The minimum Gasteiger partial charge on any atom is -0.497 e. The van der Waals surface area contributed by atoms with Gasteiger partial charge in [-0.15, -0.1) is 0 Å². The Morgan fingerprint density at radius 2 is 2.06 bits per heavy atom. The molecule has 2 N–H and O–H groups in total. The van der Waals surface area contributed by atoms with Gasteiger partial charge in [0.1, 0.15) is 27.6 Å². The maximum atomic E-state index is 12.7. The summed E-state index contributed by atoms with van der Waals surface area (Å²) in [5.74, 6) is -3.05. The number of thiocarbonyl (C=S) groups is 1. The Morgan fingerprint density at radius 3 is 2.66 bits per heavy atom. The summed E-state index contributed by atoms with van der Waals surface area (Å²) in [5.41, 5.74) is -0.0510. The number of hydrogen-bond donors (Lipinski definition) is 2. The third-order valence-electron chi connectivity index (χ3n) is 4.36. The first-order valence-corrected chi connectivity index (χ1v) is 9.99. The van der Waals surface area contributed by atoms with E-state index in [1.807, 2.05) is 0 Å². The number of nitrogens with zero attached hydrogens (tertiary/aromatic N) is 2. The third-order valence-corrected chi connectivity index (χ3v) is 5.69. The summed E-state index contributed by atoms with van der Waals surface area (Å²) >= 11 is 5.86. The highest BCUT2D eigenvalue weighted by atomic mass is 32.2. The maximum Gasteiger partial charge on any atom is 0.327 e. The molecular formula is C19H14N2O9S2. The summed E-state index contributed by atoms with van der Waals surface area (Å²) < 4.78 is 10.5. The monoisotopic (exact) mass is 478 g/mol. The lowest BCUT2D eigenvalue weighted by Gasteiger charge is -2.21. The van der Waals surface area contributed by atoms with Crippen LogP contribution in [0.3, 0.4) is 0 Å². The summed E-state index contributed by atoms with van der Waals surface area (Å²) in [4.78, 5) is 46.7. The zero-order chi connectivity index (χ0) is 23.6. The molecule has 1 aliphatic rings. The van der Waals surface area contributed by atoms with E-state index in [1.165, 1.54) is 43.5 Å². The number of benzene rings is 1. The topological polar surface area (TPSA) is 160 Å². The van der Waals surface area contributed by atoms with Crippen LogP contribution in [0, 0.1) is 10.1 Å². The van der Waals surface area contributed by atoms with Crippen LogP contribution < -0.4 is 4.74 Å². The molecule has 0 bridgehead atoms. The summed E-state index contributed by atoms with van der Waals surface area (Å²) in [6, 6.07) is 5.54. The van der Waals surface area contributed by atoms with E-state index in [2.05, 4.69) is 0 Å². The molecule has 11 nitrogen and oxygen atoms in total. The van der Waals surface area contributed by atoms with E-state index in [0.29, 0.717) is 5.75 Å². The van der Waals surface area contributed by atoms with Crippen molar-refractivity contribution in [1.82, 2.24) is 4.90 Å². The van der Waals surface area contributed by atoms with Crippen molar-refractivity contribution < 1.29 is 38.7 Å². The van der Waals surface area contributed by atoms with Gasteiger partial charge in [0.25, 0.3) is 11.6 Å². The number of nitro groups is 1. The number of aliphatic carboxylic acids is 2. The fraction of sp³-hybridized carbons (Fsp3) is 0.158. The molecule has 2 heterocycles. The summed E-state index contributed by atoms with van der Waals surface area (Å²) in [5, 5.41) is 29.6. The number of amides is 1. The number of methoxy groups -OCH3 is 1. The van der Waals surface area contributed by atoms with Gasteiger partial charge in [-0.3, -0.25) is 24.6 Å². The summed E-state index contributed by atoms with van der Waals surface area (Å²) in [7, 11) is 1.38. The third kappa shape index (κ3) is 4.63. The highest BCUT2D eigenvalue weighted by molar-refractivity contribution is 8.26. The van der Waals surface area contributed by atoms with Gasteiger partial charge in [-0.1, -0.05) is 24.0 Å². The lowest BCUT2D eigenvalue weighted by atomic mass is 10.1. The number of furan rings is 1. The fourth-order valence-electron chi connectivity index (χ4n) is 2.91. The van der Waals surface area contributed by atoms with Gasteiger partial charge in [0, 0.05) is 6.08 Å². The minimum atomic E-state index is -1.65. The second-order valence-corrected chi connectivity index (χ2v) is 8.02. The van der Waals surface area contributed by atoms with Gasteiger partial charge in [0.15, 0.2) is 0 Å². The smallest absolute Gasteiger partial charge is 0.327 e. The van der Waals surface area contributed by atoms with Crippen LogP contribution in [0.2, 0.25) is 0 Å². The number of carboxylic acids is 2. The van der Waals surface area contributed by atoms with Gasteiger partial charge in [-0.25, -0.2) is 4.79 Å². The zero-order valence-electron chi connectivity index (χ0n) is 16.2. The van der Waals surface area contributed by atoms with Gasteiger partial charge in [-0.05, 0) is 24.3 Å². The van der Waals surface area contributed by atoms with Crippen molar-refractivity contribution >= 4 is 57.9 Å². The number of nitro benzene ring substituents is 1. The molecule has 0 radical (unpaired) electrons. The lowest BCUT2D eigenvalue weighted by molar-refractivity contribution is -0.384. The van der Waals surface area contributed by atoms with Crippen LogP contribution in [0.5, 0.6) is 5.75 Å². The van der Waals surface area contributed by atoms with Gasteiger partial charge < -0.3 is 19.4 Å². The van der Waals surface area contributed by atoms with Crippen LogP contribution in [0.15, 0.2) is 39.7 Å².